The molecule has 1 saturated carbocycles. The second kappa shape index (κ2) is 5.50. The molecule has 0 aromatic heterocycles. The van der Waals surface area contributed by atoms with Crippen LogP contribution in [0.15, 0.2) is 0 Å². The number of likely N-dealkylation sites (N-methyl/N-ethyl adjacent to an activating group) is 1. The average Bonchev–Trinajstić information content (AvgIpc) is 2.68. The van der Waals surface area contributed by atoms with Crippen molar-refractivity contribution in [1.82, 2.24) is 10.2 Å². The van der Waals surface area contributed by atoms with Crippen LogP contribution in [0, 0.1) is 11.8 Å². The number of likely N-dealkylation sites (tertiary alicyclic amines) is 1. The van der Waals surface area contributed by atoms with Crippen LogP contribution in [0.25, 0.3) is 0 Å². The van der Waals surface area contributed by atoms with Gasteiger partial charge in [-0.3, -0.25) is 4.90 Å². The zero-order valence-electron chi connectivity index (χ0n) is 11.2. The molecule has 2 aliphatic rings. The van der Waals surface area contributed by atoms with E-state index in [9.17, 15) is 0 Å². The third-order valence-corrected chi connectivity index (χ3v) is 4.47. The van der Waals surface area contributed by atoms with Crippen LogP contribution in [0.4, 0.5) is 0 Å². The fourth-order valence-electron chi connectivity index (χ4n) is 3.53. The summed E-state index contributed by atoms with van der Waals surface area (Å²) >= 11 is 0. The zero-order chi connectivity index (χ0) is 11.5. The first-order chi connectivity index (χ1) is 7.70. The SMILES string of the molecule is CCNC1CCC(C)CC1N1CCC(C)C1. The average molecular weight is 224 g/mol. The number of hydrogen-bond acceptors (Lipinski definition) is 2. The lowest BCUT2D eigenvalue weighted by Crippen LogP contribution is -2.52. The van der Waals surface area contributed by atoms with Crippen molar-refractivity contribution >= 4 is 0 Å². The van der Waals surface area contributed by atoms with E-state index >= 15 is 0 Å². The summed E-state index contributed by atoms with van der Waals surface area (Å²) in [7, 11) is 0. The maximum absolute atomic E-state index is 3.71. The fourth-order valence-corrected chi connectivity index (χ4v) is 3.53. The molecular weight excluding hydrogens is 196 g/mol. The Balaban J connectivity index is 1.96. The molecule has 2 heteroatoms. The second-order valence-electron chi connectivity index (χ2n) is 6.04. The van der Waals surface area contributed by atoms with Crippen LogP contribution in [-0.2, 0) is 0 Å². The van der Waals surface area contributed by atoms with Crippen molar-refractivity contribution in [3.8, 4) is 0 Å². The van der Waals surface area contributed by atoms with Gasteiger partial charge in [-0.05, 0) is 50.6 Å². The minimum absolute atomic E-state index is 0.756. The summed E-state index contributed by atoms with van der Waals surface area (Å²) in [6.07, 6.45) is 5.61. The van der Waals surface area contributed by atoms with Crippen LogP contribution >= 0.6 is 0 Å². The van der Waals surface area contributed by atoms with Gasteiger partial charge in [0, 0.05) is 18.6 Å². The first-order valence-corrected chi connectivity index (χ1v) is 7.18. The maximum Gasteiger partial charge on any atom is 0.0251 e. The normalized spacial score (nSPS) is 41.4. The summed E-state index contributed by atoms with van der Waals surface area (Å²) in [5, 5.41) is 3.71. The Bertz CT molecular complexity index is 213. The van der Waals surface area contributed by atoms with Crippen LogP contribution in [0.2, 0.25) is 0 Å². The van der Waals surface area contributed by atoms with Gasteiger partial charge in [-0.2, -0.15) is 0 Å². The van der Waals surface area contributed by atoms with E-state index in [0.29, 0.717) is 0 Å². The number of rotatable bonds is 3. The summed E-state index contributed by atoms with van der Waals surface area (Å²) in [4.78, 5) is 2.76. The largest absolute Gasteiger partial charge is 0.313 e. The predicted molar refractivity (Wildman–Crippen MR) is 69.6 cm³/mol. The van der Waals surface area contributed by atoms with Crippen molar-refractivity contribution in [1.29, 1.82) is 0 Å². The van der Waals surface area contributed by atoms with E-state index in [-0.39, 0.29) is 0 Å². The molecule has 2 fully saturated rings. The van der Waals surface area contributed by atoms with Gasteiger partial charge in [0.25, 0.3) is 0 Å². The van der Waals surface area contributed by atoms with E-state index in [4.69, 9.17) is 0 Å². The topological polar surface area (TPSA) is 15.3 Å². The first kappa shape index (κ1) is 12.4. The molecular formula is C14H28N2. The molecule has 4 atom stereocenters. The molecule has 0 aromatic carbocycles. The molecule has 0 radical (unpaired) electrons. The van der Waals surface area contributed by atoms with Crippen LogP contribution in [0.3, 0.4) is 0 Å². The van der Waals surface area contributed by atoms with E-state index in [2.05, 4.69) is 31.0 Å². The van der Waals surface area contributed by atoms with Crippen LogP contribution in [0.1, 0.15) is 46.5 Å². The molecule has 0 amide bonds. The molecule has 16 heavy (non-hydrogen) atoms. The molecule has 1 aliphatic carbocycles. The Hall–Kier alpha value is -0.0800. The number of nitrogens with zero attached hydrogens (tertiary/aromatic N) is 1. The lowest BCUT2D eigenvalue weighted by molar-refractivity contribution is 0.121. The summed E-state index contributed by atoms with van der Waals surface area (Å²) in [5.41, 5.74) is 0. The van der Waals surface area contributed by atoms with Gasteiger partial charge in [-0.25, -0.2) is 0 Å². The Morgan fingerprint density at radius 3 is 2.56 bits per heavy atom. The molecule has 1 heterocycles. The third kappa shape index (κ3) is 2.78. The molecule has 1 aliphatic heterocycles. The minimum atomic E-state index is 0.756. The smallest absolute Gasteiger partial charge is 0.0251 e. The summed E-state index contributed by atoms with van der Waals surface area (Å²) < 4.78 is 0. The van der Waals surface area contributed by atoms with Gasteiger partial charge in [0.05, 0.1) is 0 Å². The Labute approximate surface area is 101 Å². The molecule has 0 bridgehead atoms. The Kier molecular flexibility index (Phi) is 4.26. The van der Waals surface area contributed by atoms with E-state index in [1.165, 1.54) is 38.8 Å². The van der Waals surface area contributed by atoms with E-state index in [1.54, 1.807) is 0 Å². The van der Waals surface area contributed by atoms with Gasteiger partial charge in [0.15, 0.2) is 0 Å². The Morgan fingerprint density at radius 1 is 1.12 bits per heavy atom. The van der Waals surface area contributed by atoms with Crippen molar-refractivity contribution in [3.05, 3.63) is 0 Å². The third-order valence-electron chi connectivity index (χ3n) is 4.47. The monoisotopic (exact) mass is 224 g/mol. The molecule has 2 nitrogen and oxygen atoms in total. The first-order valence-electron chi connectivity index (χ1n) is 7.18. The van der Waals surface area contributed by atoms with Crippen molar-refractivity contribution < 1.29 is 0 Å². The van der Waals surface area contributed by atoms with Gasteiger partial charge in [0.2, 0.25) is 0 Å². The van der Waals surface area contributed by atoms with Crippen molar-refractivity contribution in [2.45, 2.75) is 58.5 Å². The number of hydrogen-bond donors (Lipinski definition) is 1. The zero-order valence-corrected chi connectivity index (χ0v) is 11.2. The van der Waals surface area contributed by atoms with Gasteiger partial charge >= 0.3 is 0 Å². The van der Waals surface area contributed by atoms with Gasteiger partial charge in [0.1, 0.15) is 0 Å². The highest BCUT2D eigenvalue weighted by Gasteiger charge is 2.34. The highest BCUT2D eigenvalue weighted by molar-refractivity contribution is 4.92. The van der Waals surface area contributed by atoms with Crippen LogP contribution in [0.5, 0.6) is 0 Å². The van der Waals surface area contributed by atoms with Crippen LogP contribution in [-0.4, -0.2) is 36.6 Å². The summed E-state index contributed by atoms with van der Waals surface area (Å²) in [5.74, 6) is 1.84. The van der Waals surface area contributed by atoms with Crippen LogP contribution < -0.4 is 5.32 Å². The van der Waals surface area contributed by atoms with E-state index < -0.39 is 0 Å². The van der Waals surface area contributed by atoms with Gasteiger partial charge in [-0.15, -0.1) is 0 Å². The van der Waals surface area contributed by atoms with Gasteiger partial charge < -0.3 is 5.32 Å². The second-order valence-corrected chi connectivity index (χ2v) is 6.04. The predicted octanol–water partition coefficient (Wildman–Crippen LogP) is 2.49. The lowest BCUT2D eigenvalue weighted by atomic mass is 9.82. The summed E-state index contributed by atoms with van der Waals surface area (Å²) in [6, 6.07) is 1.57. The standard InChI is InChI=1S/C14H28N2/c1-4-15-13-6-5-11(2)9-14(13)16-8-7-12(3)10-16/h11-15H,4-10H2,1-3H3. The minimum Gasteiger partial charge on any atom is -0.313 e. The van der Waals surface area contributed by atoms with Crippen molar-refractivity contribution in [3.63, 3.8) is 0 Å². The summed E-state index contributed by atoms with van der Waals surface area (Å²) in [6.45, 7) is 10.9. The maximum atomic E-state index is 3.71. The molecule has 4 unspecified atom stereocenters. The molecule has 1 saturated heterocycles. The van der Waals surface area contributed by atoms with E-state index in [0.717, 1.165) is 30.5 Å². The van der Waals surface area contributed by atoms with Gasteiger partial charge in [-0.1, -0.05) is 20.8 Å². The van der Waals surface area contributed by atoms with E-state index in [1.807, 2.05) is 0 Å². The molecule has 0 aromatic rings. The van der Waals surface area contributed by atoms with Crippen molar-refractivity contribution in [2.75, 3.05) is 19.6 Å². The molecule has 94 valence electrons. The quantitative estimate of drug-likeness (QED) is 0.792. The Morgan fingerprint density at radius 2 is 1.94 bits per heavy atom. The van der Waals surface area contributed by atoms with Crippen molar-refractivity contribution in [2.24, 2.45) is 11.8 Å². The number of nitrogens with one attached hydrogen (secondary N) is 1. The fraction of sp³-hybridized carbons (Fsp3) is 1.00. The highest BCUT2D eigenvalue weighted by Crippen LogP contribution is 2.31. The lowest BCUT2D eigenvalue weighted by Gasteiger charge is -2.41. The molecule has 2 rings (SSSR count). The molecule has 0 spiro atoms. The molecule has 1 N–H and O–H groups in total. The highest BCUT2D eigenvalue weighted by atomic mass is 15.2.